The van der Waals surface area contributed by atoms with Crippen molar-refractivity contribution in [2.45, 2.75) is 6.54 Å². The first kappa shape index (κ1) is 12.0. The quantitative estimate of drug-likeness (QED) is 0.604. The van der Waals surface area contributed by atoms with Gasteiger partial charge in [0.05, 0.1) is 31.0 Å². The average molecular weight is 235 g/mol. The van der Waals surface area contributed by atoms with Gasteiger partial charge in [-0.15, -0.1) is 0 Å². The summed E-state index contributed by atoms with van der Waals surface area (Å²) in [6.45, 7) is 1.70. The van der Waals surface area contributed by atoms with Gasteiger partial charge in [0.1, 0.15) is 0 Å². The standard InChI is InChI=1S/C12H17N3O2/c1-15-12-6-4-3-5-10(12)11(14-15)9-13-17-8-7-16-2/h3-6,13H,7-9H2,1-2H3. The molecule has 0 fully saturated rings. The Morgan fingerprint density at radius 3 is 2.94 bits per heavy atom. The van der Waals surface area contributed by atoms with Crippen molar-refractivity contribution < 1.29 is 9.57 Å². The number of aryl methyl sites for hydroxylation is 1. The van der Waals surface area contributed by atoms with Crippen LogP contribution in [0.15, 0.2) is 24.3 Å². The van der Waals surface area contributed by atoms with E-state index in [-0.39, 0.29) is 0 Å². The highest BCUT2D eigenvalue weighted by Gasteiger charge is 2.06. The Morgan fingerprint density at radius 1 is 1.29 bits per heavy atom. The lowest BCUT2D eigenvalue weighted by Gasteiger charge is -2.03. The molecule has 1 heterocycles. The number of nitrogens with one attached hydrogen (secondary N) is 1. The van der Waals surface area contributed by atoms with Gasteiger partial charge >= 0.3 is 0 Å². The van der Waals surface area contributed by atoms with Crippen LogP contribution in [-0.4, -0.2) is 30.1 Å². The molecule has 0 aliphatic heterocycles. The molecule has 2 rings (SSSR count). The Kier molecular flexibility index (Phi) is 4.08. The van der Waals surface area contributed by atoms with Gasteiger partial charge in [-0.25, -0.2) is 0 Å². The topological polar surface area (TPSA) is 48.3 Å². The number of hydroxylamine groups is 1. The molecule has 5 nitrogen and oxygen atoms in total. The molecule has 0 saturated heterocycles. The molecule has 1 aromatic carbocycles. The molecule has 1 aromatic heterocycles. The average Bonchev–Trinajstić information content (AvgIpc) is 2.67. The number of para-hydroxylation sites is 1. The van der Waals surface area contributed by atoms with E-state index in [0.717, 1.165) is 16.6 Å². The molecule has 0 atom stereocenters. The number of hydrogen-bond donors (Lipinski definition) is 1. The second kappa shape index (κ2) is 5.77. The van der Waals surface area contributed by atoms with Crippen LogP contribution in [0.1, 0.15) is 5.69 Å². The highest BCUT2D eigenvalue weighted by Crippen LogP contribution is 2.16. The third kappa shape index (κ3) is 2.82. The molecule has 17 heavy (non-hydrogen) atoms. The monoisotopic (exact) mass is 235 g/mol. The van der Waals surface area contributed by atoms with Crippen molar-refractivity contribution >= 4 is 10.9 Å². The first-order valence-corrected chi connectivity index (χ1v) is 5.57. The van der Waals surface area contributed by atoms with E-state index in [1.807, 2.05) is 23.9 Å². The molecule has 5 heteroatoms. The summed E-state index contributed by atoms with van der Waals surface area (Å²) in [5.41, 5.74) is 5.00. The molecule has 0 aliphatic rings. The summed E-state index contributed by atoms with van der Waals surface area (Å²) in [4.78, 5) is 5.21. The molecular weight excluding hydrogens is 218 g/mol. The Balaban J connectivity index is 1.99. The fourth-order valence-electron chi connectivity index (χ4n) is 1.74. The van der Waals surface area contributed by atoms with Crippen molar-refractivity contribution in [1.82, 2.24) is 15.3 Å². The predicted molar refractivity (Wildman–Crippen MR) is 65.4 cm³/mol. The van der Waals surface area contributed by atoms with E-state index in [9.17, 15) is 0 Å². The third-order valence-electron chi connectivity index (χ3n) is 2.57. The van der Waals surface area contributed by atoms with Crippen LogP contribution in [0.2, 0.25) is 0 Å². The molecule has 0 unspecified atom stereocenters. The van der Waals surface area contributed by atoms with E-state index < -0.39 is 0 Å². The smallest absolute Gasteiger partial charge is 0.0916 e. The number of rotatable bonds is 6. The number of aromatic nitrogens is 2. The maximum Gasteiger partial charge on any atom is 0.0916 e. The summed E-state index contributed by atoms with van der Waals surface area (Å²) < 4.78 is 6.76. The maximum absolute atomic E-state index is 5.21. The highest BCUT2D eigenvalue weighted by molar-refractivity contribution is 5.81. The summed E-state index contributed by atoms with van der Waals surface area (Å²) in [6.07, 6.45) is 0. The van der Waals surface area contributed by atoms with Crippen LogP contribution < -0.4 is 5.48 Å². The van der Waals surface area contributed by atoms with Gasteiger partial charge in [-0.05, 0) is 6.07 Å². The lowest BCUT2D eigenvalue weighted by atomic mass is 10.2. The van der Waals surface area contributed by atoms with Gasteiger partial charge in [-0.2, -0.15) is 10.6 Å². The van der Waals surface area contributed by atoms with Crippen LogP contribution in [0.25, 0.3) is 10.9 Å². The molecule has 2 aromatic rings. The molecule has 0 aliphatic carbocycles. The highest BCUT2D eigenvalue weighted by atomic mass is 16.7. The van der Waals surface area contributed by atoms with Gasteiger partial charge in [0, 0.05) is 19.5 Å². The van der Waals surface area contributed by atoms with Crippen molar-refractivity contribution in [3.8, 4) is 0 Å². The molecule has 0 radical (unpaired) electrons. The van der Waals surface area contributed by atoms with Gasteiger partial charge in [0.25, 0.3) is 0 Å². The summed E-state index contributed by atoms with van der Waals surface area (Å²) in [7, 11) is 3.59. The number of nitrogens with zero attached hydrogens (tertiary/aromatic N) is 2. The van der Waals surface area contributed by atoms with Gasteiger partial charge < -0.3 is 4.74 Å². The number of hydrogen-bond acceptors (Lipinski definition) is 4. The zero-order valence-corrected chi connectivity index (χ0v) is 10.1. The first-order chi connectivity index (χ1) is 8.33. The number of methoxy groups -OCH3 is 1. The van der Waals surface area contributed by atoms with Crippen LogP contribution >= 0.6 is 0 Å². The van der Waals surface area contributed by atoms with Gasteiger partial charge in [0.15, 0.2) is 0 Å². The zero-order chi connectivity index (χ0) is 12.1. The fourth-order valence-corrected chi connectivity index (χ4v) is 1.74. The van der Waals surface area contributed by atoms with E-state index in [2.05, 4.69) is 22.7 Å². The zero-order valence-electron chi connectivity index (χ0n) is 10.1. The van der Waals surface area contributed by atoms with Crippen LogP contribution in [0.4, 0.5) is 0 Å². The maximum atomic E-state index is 5.21. The Bertz CT molecular complexity index is 482. The van der Waals surface area contributed by atoms with E-state index in [1.54, 1.807) is 7.11 Å². The lowest BCUT2D eigenvalue weighted by Crippen LogP contribution is -2.17. The molecule has 92 valence electrons. The number of fused-ring (bicyclic) bond motifs is 1. The van der Waals surface area contributed by atoms with Crippen molar-refractivity contribution in [3.05, 3.63) is 30.0 Å². The Morgan fingerprint density at radius 2 is 2.12 bits per heavy atom. The Hall–Kier alpha value is -1.43. The van der Waals surface area contributed by atoms with Gasteiger partial charge in [-0.1, -0.05) is 18.2 Å². The largest absolute Gasteiger partial charge is 0.382 e. The normalized spacial score (nSPS) is 11.2. The van der Waals surface area contributed by atoms with Crippen LogP contribution in [0, 0.1) is 0 Å². The minimum atomic E-state index is 0.529. The second-order valence-electron chi connectivity index (χ2n) is 3.75. The van der Waals surface area contributed by atoms with E-state index in [4.69, 9.17) is 9.57 Å². The predicted octanol–water partition coefficient (Wildman–Crippen LogP) is 1.24. The van der Waals surface area contributed by atoms with E-state index in [1.165, 1.54) is 0 Å². The molecule has 1 N–H and O–H groups in total. The minimum Gasteiger partial charge on any atom is -0.382 e. The van der Waals surface area contributed by atoms with Crippen LogP contribution in [0.3, 0.4) is 0 Å². The van der Waals surface area contributed by atoms with Gasteiger partial charge in [-0.3, -0.25) is 9.52 Å². The van der Waals surface area contributed by atoms with Crippen molar-refractivity contribution in [1.29, 1.82) is 0 Å². The Labute approximate surface area is 100 Å². The van der Waals surface area contributed by atoms with Crippen molar-refractivity contribution in [2.75, 3.05) is 20.3 Å². The van der Waals surface area contributed by atoms with Crippen LogP contribution in [-0.2, 0) is 23.2 Å². The van der Waals surface area contributed by atoms with Crippen molar-refractivity contribution in [3.63, 3.8) is 0 Å². The number of ether oxygens (including phenoxy) is 1. The summed E-state index contributed by atoms with van der Waals surface area (Å²) in [5, 5.41) is 5.60. The molecule has 0 saturated carbocycles. The molecular formula is C12H17N3O2. The minimum absolute atomic E-state index is 0.529. The summed E-state index contributed by atoms with van der Waals surface area (Å²) >= 11 is 0. The summed E-state index contributed by atoms with van der Waals surface area (Å²) in [6, 6.07) is 8.14. The van der Waals surface area contributed by atoms with Crippen molar-refractivity contribution in [2.24, 2.45) is 7.05 Å². The molecule has 0 spiro atoms. The lowest BCUT2D eigenvalue weighted by molar-refractivity contribution is 0.00309. The molecule has 0 bridgehead atoms. The summed E-state index contributed by atoms with van der Waals surface area (Å²) in [5.74, 6) is 0. The van der Waals surface area contributed by atoms with E-state index in [0.29, 0.717) is 19.8 Å². The fraction of sp³-hybridized carbons (Fsp3) is 0.417. The van der Waals surface area contributed by atoms with Crippen LogP contribution in [0.5, 0.6) is 0 Å². The molecule has 0 amide bonds. The second-order valence-corrected chi connectivity index (χ2v) is 3.75. The SMILES string of the molecule is COCCONCc1nn(C)c2ccccc12. The number of benzene rings is 1. The third-order valence-corrected chi connectivity index (χ3v) is 2.57. The van der Waals surface area contributed by atoms with E-state index >= 15 is 0 Å². The van der Waals surface area contributed by atoms with Gasteiger partial charge in [0.2, 0.25) is 0 Å². The first-order valence-electron chi connectivity index (χ1n) is 5.57.